The Morgan fingerprint density at radius 1 is 0.889 bits per heavy atom. The molecule has 4 rings (SSSR count). The van der Waals surface area contributed by atoms with E-state index < -0.39 is 0 Å². The lowest BCUT2D eigenvalue weighted by Gasteiger charge is -2.07. The summed E-state index contributed by atoms with van der Waals surface area (Å²) in [6.07, 6.45) is 0. The lowest BCUT2D eigenvalue weighted by Crippen LogP contribution is -2.10. The summed E-state index contributed by atoms with van der Waals surface area (Å²) >= 11 is 13.7. The summed E-state index contributed by atoms with van der Waals surface area (Å²) in [6.45, 7) is 0. The van der Waals surface area contributed by atoms with Crippen LogP contribution in [0.15, 0.2) is 72.8 Å². The van der Waals surface area contributed by atoms with Crippen molar-refractivity contribution in [1.29, 1.82) is 0 Å². The average molecular weight is 414 g/mol. The fourth-order valence-electron chi connectivity index (χ4n) is 2.60. The Kier molecular flexibility index (Phi) is 5.03. The first-order chi connectivity index (χ1) is 13.1. The molecule has 3 aromatic carbocycles. The van der Waals surface area contributed by atoms with E-state index in [4.69, 9.17) is 27.9 Å². The third-order valence-corrected chi connectivity index (χ3v) is 5.78. The molecule has 0 unspecified atom stereocenters. The summed E-state index contributed by atoms with van der Waals surface area (Å²) in [7, 11) is 0. The monoisotopic (exact) mass is 413 g/mol. The molecule has 1 amide bonds. The summed E-state index contributed by atoms with van der Waals surface area (Å²) in [4.78, 5) is 13.1. The van der Waals surface area contributed by atoms with Gasteiger partial charge in [-0.2, -0.15) is 0 Å². The van der Waals surface area contributed by atoms with Crippen LogP contribution in [0.4, 0.5) is 5.69 Å². The smallest absolute Gasteiger partial charge is 0.267 e. The third-order valence-electron chi connectivity index (χ3n) is 3.89. The van der Waals surface area contributed by atoms with Crippen molar-refractivity contribution >= 4 is 56.2 Å². The van der Waals surface area contributed by atoms with Gasteiger partial charge in [0.1, 0.15) is 16.4 Å². The van der Waals surface area contributed by atoms with E-state index in [2.05, 4.69) is 5.32 Å². The fourth-order valence-corrected chi connectivity index (χ4v) is 4.29. The van der Waals surface area contributed by atoms with Crippen molar-refractivity contribution < 1.29 is 9.53 Å². The first-order valence-electron chi connectivity index (χ1n) is 8.12. The Hall–Kier alpha value is -2.53. The van der Waals surface area contributed by atoms with Gasteiger partial charge in [-0.15, -0.1) is 11.3 Å². The zero-order chi connectivity index (χ0) is 18.8. The minimum atomic E-state index is -0.256. The summed E-state index contributed by atoms with van der Waals surface area (Å²) in [5.74, 6) is 1.19. The number of ether oxygens (including phenoxy) is 1. The standard InChI is InChI=1S/C21H13Cl2NO2S/c22-13-6-11-17-18(12-13)27-20(19(17)23)21(25)24-14-7-9-16(10-8-14)26-15-4-2-1-3-5-15/h1-12H,(H,24,25). The molecule has 27 heavy (non-hydrogen) atoms. The fraction of sp³-hybridized carbons (Fsp3) is 0. The Balaban J connectivity index is 1.50. The van der Waals surface area contributed by atoms with Gasteiger partial charge in [0.25, 0.3) is 5.91 Å². The molecule has 1 heterocycles. The summed E-state index contributed by atoms with van der Waals surface area (Å²) in [5.41, 5.74) is 0.659. The number of hydrogen-bond donors (Lipinski definition) is 1. The van der Waals surface area contributed by atoms with Crippen molar-refractivity contribution in [3.05, 3.63) is 87.7 Å². The second-order valence-corrected chi connectivity index (χ2v) is 7.65. The number of benzene rings is 3. The van der Waals surface area contributed by atoms with Gasteiger partial charge in [0.05, 0.1) is 5.02 Å². The second kappa shape index (κ2) is 7.61. The SMILES string of the molecule is O=C(Nc1ccc(Oc2ccccc2)cc1)c1sc2cc(Cl)ccc2c1Cl. The van der Waals surface area contributed by atoms with Crippen LogP contribution < -0.4 is 10.1 Å². The number of halogens is 2. The Morgan fingerprint density at radius 3 is 2.33 bits per heavy atom. The van der Waals surface area contributed by atoms with Crippen molar-refractivity contribution in [2.45, 2.75) is 0 Å². The maximum Gasteiger partial charge on any atom is 0.267 e. The molecule has 0 aliphatic rings. The van der Waals surface area contributed by atoms with E-state index in [1.807, 2.05) is 36.4 Å². The number of amides is 1. The molecule has 0 spiro atoms. The van der Waals surface area contributed by atoms with Crippen molar-refractivity contribution in [2.75, 3.05) is 5.32 Å². The molecule has 3 nitrogen and oxygen atoms in total. The van der Waals surface area contributed by atoms with Gasteiger partial charge in [-0.05, 0) is 48.5 Å². The summed E-state index contributed by atoms with van der Waals surface area (Å²) in [6, 6.07) is 22.1. The van der Waals surface area contributed by atoms with Gasteiger partial charge in [-0.3, -0.25) is 4.79 Å². The van der Waals surface area contributed by atoms with Crippen LogP contribution in [0.3, 0.4) is 0 Å². The van der Waals surface area contributed by atoms with Gasteiger partial charge in [0.2, 0.25) is 0 Å². The second-order valence-electron chi connectivity index (χ2n) is 5.78. The van der Waals surface area contributed by atoms with E-state index in [0.29, 0.717) is 26.4 Å². The molecular weight excluding hydrogens is 401 g/mol. The predicted molar refractivity (Wildman–Crippen MR) is 113 cm³/mol. The van der Waals surface area contributed by atoms with Crippen molar-refractivity contribution in [2.24, 2.45) is 0 Å². The highest BCUT2D eigenvalue weighted by Crippen LogP contribution is 2.37. The molecule has 0 aliphatic carbocycles. The molecule has 6 heteroatoms. The molecule has 0 saturated heterocycles. The van der Waals surface area contributed by atoms with Crippen LogP contribution in [0.2, 0.25) is 10.0 Å². The first-order valence-corrected chi connectivity index (χ1v) is 9.69. The maximum absolute atomic E-state index is 12.6. The van der Waals surface area contributed by atoms with E-state index in [1.54, 1.807) is 36.4 Å². The van der Waals surface area contributed by atoms with Crippen LogP contribution >= 0.6 is 34.5 Å². The molecule has 1 aromatic heterocycles. The number of carbonyl (C=O) groups excluding carboxylic acids is 1. The highest BCUT2D eigenvalue weighted by atomic mass is 35.5. The molecule has 0 fully saturated rings. The molecule has 134 valence electrons. The number of thiophene rings is 1. The number of carbonyl (C=O) groups is 1. The van der Waals surface area contributed by atoms with Crippen LogP contribution in [0.1, 0.15) is 9.67 Å². The molecule has 0 atom stereocenters. The van der Waals surface area contributed by atoms with Gasteiger partial charge in [0, 0.05) is 20.8 Å². The van der Waals surface area contributed by atoms with Crippen molar-refractivity contribution in [3.63, 3.8) is 0 Å². The highest BCUT2D eigenvalue weighted by Gasteiger charge is 2.17. The van der Waals surface area contributed by atoms with Gasteiger partial charge in [0.15, 0.2) is 0 Å². The predicted octanol–water partition coefficient (Wildman–Crippen LogP) is 7.25. The maximum atomic E-state index is 12.6. The Bertz CT molecular complexity index is 1110. The van der Waals surface area contributed by atoms with E-state index in [1.165, 1.54) is 11.3 Å². The zero-order valence-electron chi connectivity index (χ0n) is 13.9. The largest absolute Gasteiger partial charge is 0.457 e. The van der Waals surface area contributed by atoms with Crippen LogP contribution in [0, 0.1) is 0 Å². The molecular formula is C21H13Cl2NO2S. The zero-order valence-corrected chi connectivity index (χ0v) is 16.2. The topological polar surface area (TPSA) is 38.3 Å². The molecule has 1 N–H and O–H groups in total. The minimum Gasteiger partial charge on any atom is -0.457 e. The molecule has 0 radical (unpaired) electrons. The van der Waals surface area contributed by atoms with Crippen LogP contribution in [-0.2, 0) is 0 Å². The van der Waals surface area contributed by atoms with Crippen LogP contribution in [0.5, 0.6) is 11.5 Å². The average Bonchev–Trinajstić information content (AvgIpc) is 3.00. The van der Waals surface area contributed by atoms with Gasteiger partial charge < -0.3 is 10.1 Å². The van der Waals surface area contributed by atoms with Crippen molar-refractivity contribution in [3.8, 4) is 11.5 Å². The van der Waals surface area contributed by atoms with E-state index in [9.17, 15) is 4.79 Å². The number of rotatable bonds is 4. The number of nitrogens with one attached hydrogen (secondary N) is 1. The highest BCUT2D eigenvalue weighted by molar-refractivity contribution is 7.21. The lowest BCUT2D eigenvalue weighted by atomic mass is 10.2. The number of para-hydroxylation sites is 1. The molecule has 0 saturated carbocycles. The van der Waals surface area contributed by atoms with Crippen molar-refractivity contribution in [1.82, 2.24) is 0 Å². The van der Waals surface area contributed by atoms with Gasteiger partial charge in [-0.25, -0.2) is 0 Å². The number of fused-ring (bicyclic) bond motifs is 1. The first kappa shape index (κ1) is 17.9. The van der Waals surface area contributed by atoms with E-state index >= 15 is 0 Å². The quantitative estimate of drug-likeness (QED) is 0.382. The summed E-state index contributed by atoms with van der Waals surface area (Å²) in [5, 5.41) is 4.74. The molecule has 0 aliphatic heterocycles. The van der Waals surface area contributed by atoms with Gasteiger partial charge >= 0.3 is 0 Å². The molecule has 0 bridgehead atoms. The third kappa shape index (κ3) is 3.93. The number of anilines is 1. The lowest BCUT2D eigenvalue weighted by molar-refractivity contribution is 0.103. The summed E-state index contributed by atoms with van der Waals surface area (Å²) < 4.78 is 6.63. The Labute approximate surface area is 170 Å². The Morgan fingerprint density at radius 2 is 1.59 bits per heavy atom. The van der Waals surface area contributed by atoms with E-state index in [-0.39, 0.29) is 5.91 Å². The normalized spacial score (nSPS) is 10.7. The van der Waals surface area contributed by atoms with Gasteiger partial charge in [-0.1, -0.05) is 47.5 Å². The van der Waals surface area contributed by atoms with E-state index in [0.717, 1.165) is 15.8 Å². The minimum absolute atomic E-state index is 0.256. The van der Waals surface area contributed by atoms with Crippen LogP contribution in [-0.4, -0.2) is 5.91 Å². The number of hydrogen-bond acceptors (Lipinski definition) is 3. The van der Waals surface area contributed by atoms with Crippen LogP contribution in [0.25, 0.3) is 10.1 Å². The molecule has 4 aromatic rings.